The Morgan fingerprint density at radius 1 is 1.42 bits per heavy atom. The van der Waals surface area contributed by atoms with Gasteiger partial charge in [-0.2, -0.15) is 0 Å². The first kappa shape index (κ1) is 13.5. The summed E-state index contributed by atoms with van der Waals surface area (Å²) in [6.45, 7) is 4.67. The molecule has 0 radical (unpaired) electrons. The molecule has 1 aromatic rings. The molecule has 1 fully saturated rings. The number of hydrogen-bond acceptors (Lipinski definition) is 6. The fourth-order valence-electron chi connectivity index (χ4n) is 1.94. The number of aromatic nitrogens is 2. The Balaban J connectivity index is 2.10. The fraction of sp³-hybridized carbons (Fsp3) is 0.583. The van der Waals surface area contributed by atoms with E-state index in [1.54, 1.807) is 6.07 Å². The molecule has 7 nitrogen and oxygen atoms in total. The quantitative estimate of drug-likeness (QED) is 0.468. The summed E-state index contributed by atoms with van der Waals surface area (Å²) in [6.07, 6.45) is 1.35. The number of hydrazine groups is 1. The van der Waals surface area contributed by atoms with E-state index in [1.165, 1.54) is 0 Å². The molecule has 5 N–H and O–H groups in total. The zero-order valence-corrected chi connectivity index (χ0v) is 11.2. The number of anilines is 2. The van der Waals surface area contributed by atoms with E-state index in [0.29, 0.717) is 18.8 Å². The second-order valence-electron chi connectivity index (χ2n) is 4.98. The van der Waals surface area contributed by atoms with Gasteiger partial charge in [0, 0.05) is 31.0 Å². The molecule has 1 atom stereocenters. The maximum Gasteiger partial charge on any atom is 0.220 e. The Hall–Kier alpha value is -1.89. The number of nitrogens with one attached hydrogen (secondary N) is 3. The summed E-state index contributed by atoms with van der Waals surface area (Å²) in [5.74, 6) is 7.79. The minimum Gasteiger partial charge on any atom is -0.365 e. The van der Waals surface area contributed by atoms with Gasteiger partial charge in [-0.3, -0.25) is 4.79 Å². The van der Waals surface area contributed by atoms with Crippen molar-refractivity contribution < 1.29 is 4.79 Å². The molecule has 0 spiro atoms. The van der Waals surface area contributed by atoms with Gasteiger partial charge in [0.1, 0.15) is 17.5 Å². The molecule has 19 heavy (non-hydrogen) atoms. The lowest BCUT2D eigenvalue weighted by Crippen LogP contribution is -2.42. The summed E-state index contributed by atoms with van der Waals surface area (Å²) >= 11 is 0. The lowest BCUT2D eigenvalue weighted by Gasteiger charge is -2.24. The molecule has 0 aliphatic carbocycles. The summed E-state index contributed by atoms with van der Waals surface area (Å²) in [7, 11) is 0. The first-order valence-corrected chi connectivity index (χ1v) is 6.47. The minimum absolute atomic E-state index is 0.105. The predicted molar refractivity (Wildman–Crippen MR) is 73.6 cm³/mol. The van der Waals surface area contributed by atoms with Crippen LogP contribution in [0, 0.1) is 0 Å². The van der Waals surface area contributed by atoms with Crippen molar-refractivity contribution in [1.82, 2.24) is 15.3 Å². The minimum atomic E-state index is 0.105. The molecule has 2 rings (SSSR count). The van der Waals surface area contributed by atoms with E-state index in [4.69, 9.17) is 5.84 Å². The van der Waals surface area contributed by atoms with Crippen molar-refractivity contribution in [3.05, 3.63) is 11.9 Å². The largest absolute Gasteiger partial charge is 0.365 e. The van der Waals surface area contributed by atoms with Crippen molar-refractivity contribution in [2.75, 3.05) is 17.3 Å². The van der Waals surface area contributed by atoms with E-state index in [1.807, 2.05) is 13.8 Å². The van der Waals surface area contributed by atoms with Crippen LogP contribution >= 0.6 is 0 Å². The van der Waals surface area contributed by atoms with Crippen LogP contribution in [-0.4, -0.2) is 28.5 Å². The zero-order chi connectivity index (χ0) is 13.8. The van der Waals surface area contributed by atoms with Crippen LogP contribution in [0.25, 0.3) is 0 Å². The van der Waals surface area contributed by atoms with E-state index in [9.17, 15) is 4.79 Å². The molecule has 2 heterocycles. The second kappa shape index (κ2) is 5.83. The Bertz CT molecular complexity index is 452. The fourth-order valence-corrected chi connectivity index (χ4v) is 1.94. The van der Waals surface area contributed by atoms with Crippen LogP contribution in [0.4, 0.5) is 11.6 Å². The number of amides is 1. The monoisotopic (exact) mass is 264 g/mol. The standard InChI is InChI=1S/C12H20N6O/c1-7(2)12-16-9(5-10(17-12)18-13)15-8-3-4-11(19)14-6-8/h5,7-8H,3-4,6,13H2,1-2H3,(H,14,19)(H2,15,16,17,18). The number of carbonyl (C=O) groups excluding carboxylic acids is 1. The molecular weight excluding hydrogens is 244 g/mol. The number of piperidine rings is 1. The average molecular weight is 264 g/mol. The van der Waals surface area contributed by atoms with Crippen molar-refractivity contribution in [2.24, 2.45) is 5.84 Å². The van der Waals surface area contributed by atoms with Gasteiger partial charge in [-0.15, -0.1) is 0 Å². The van der Waals surface area contributed by atoms with Gasteiger partial charge in [-0.25, -0.2) is 15.8 Å². The van der Waals surface area contributed by atoms with Crippen LogP contribution in [0.15, 0.2) is 6.07 Å². The first-order valence-electron chi connectivity index (χ1n) is 6.47. The molecule has 1 aliphatic heterocycles. The van der Waals surface area contributed by atoms with Crippen LogP contribution < -0.4 is 21.9 Å². The Kier molecular flexibility index (Phi) is 4.16. The Morgan fingerprint density at radius 2 is 2.16 bits per heavy atom. The zero-order valence-electron chi connectivity index (χ0n) is 11.2. The van der Waals surface area contributed by atoms with E-state index in [-0.39, 0.29) is 17.9 Å². The Morgan fingerprint density at radius 3 is 2.74 bits per heavy atom. The van der Waals surface area contributed by atoms with Crippen molar-refractivity contribution >= 4 is 17.5 Å². The molecule has 1 unspecified atom stereocenters. The highest BCUT2D eigenvalue weighted by atomic mass is 16.1. The lowest BCUT2D eigenvalue weighted by atomic mass is 10.1. The molecule has 1 saturated heterocycles. The van der Waals surface area contributed by atoms with Gasteiger partial charge in [0.15, 0.2) is 0 Å². The van der Waals surface area contributed by atoms with Gasteiger partial charge >= 0.3 is 0 Å². The highest BCUT2D eigenvalue weighted by Crippen LogP contribution is 2.18. The number of nitrogen functional groups attached to an aromatic ring is 1. The third-order valence-electron chi connectivity index (χ3n) is 3.03. The Labute approximate surface area is 112 Å². The molecule has 1 aromatic heterocycles. The number of rotatable bonds is 4. The van der Waals surface area contributed by atoms with Gasteiger partial charge in [-0.1, -0.05) is 13.8 Å². The maximum absolute atomic E-state index is 11.1. The van der Waals surface area contributed by atoms with Crippen LogP contribution in [0.5, 0.6) is 0 Å². The SMILES string of the molecule is CC(C)c1nc(NN)cc(NC2CCC(=O)NC2)n1. The highest BCUT2D eigenvalue weighted by Gasteiger charge is 2.18. The van der Waals surface area contributed by atoms with Crippen molar-refractivity contribution in [1.29, 1.82) is 0 Å². The number of carbonyl (C=O) groups is 1. The number of nitrogens with zero attached hydrogens (tertiary/aromatic N) is 2. The number of nitrogens with two attached hydrogens (primary N) is 1. The predicted octanol–water partition coefficient (Wildman–Crippen LogP) is 0.576. The molecule has 1 amide bonds. The van der Waals surface area contributed by atoms with Gasteiger partial charge in [0.25, 0.3) is 0 Å². The smallest absolute Gasteiger partial charge is 0.220 e. The van der Waals surface area contributed by atoms with E-state index < -0.39 is 0 Å². The van der Waals surface area contributed by atoms with Gasteiger partial charge in [-0.05, 0) is 6.42 Å². The molecule has 0 bridgehead atoms. The molecule has 7 heteroatoms. The summed E-state index contributed by atoms with van der Waals surface area (Å²) in [4.78, 5) is 19.9. The normalized spacial score (nSPS) is 19.2. The van der Waals surface area contributed by atoms with E-state index >= 15 is 0 Å². The van der Waals surface area contributed by atoms with Crippen LogP contribution in [0.1, 0.15) is 38.4 Å². The molecule has 1 aliphatic rings. The highest BCUT2D eigenvalue weighted by molar-refractivity contribution is 5.77. The maximum atomic E-state index is 11.1. The summed E-state index contributed by atoms with van der Waals surface area (Å²) < 4.78 is 0. The third kappa shape index (κ3) is 3.54. The van der Waals surface area contributed by atoms with Gasteiger partial charge in [0.2, 0.25) is 5.91 Å². The van der Waals surface area contributed by atoms with E-state index in [2.05, 4.69) is 26.0 Å². The van der Waals surface area contributed by atoms with Gasteiger partial charge < -0.3 is 16.1 Å². The topological polar surface area (TPSA) is 105 Å². The van der Waals surface area contributed by atoms with Crippen molar-refractivity contribution in [3.8, 4) is 0 Å². The molecule has 104 valence electrons. The summed E-state index contributed by atoms with van der Waals surface area (Å²) in [5, 5.41) is 6.14. The molecule has 0 aromatic carbocycles. The van der Waals surface area contributed by atoms with Crippen LogP contribution in [-0.2, 0) is 4.79 Å². The molecule has 0 saturated carbocycles. The van der Waals surface area contributed by atoms with Crippen molar-refractivity contribution in [2.45, 2.75) is 38.6 Å². The second-order valence-corrected chi connectivity index (χ2v) is 4.98. The van der Waals surface area contributed by atoms with Gasteiger partial charge in [0.05, 0.1) is 0 Å². The van der Waals surface area contributed by atoms with E-state index in [0.717, 1.165) is 18.1 Å². The summed E-state index contributed by atoms with van der Waals surface area (Å²) in [5.41, 5.74) is 2.55. The lowest BCUT2D eigenvalue weighted by molar-refractivity contribution is -0.122. The third-order valence-corrected chi connectivity index (χ3v) is 3.03. The van der Waals surface area contributed by atoms with Crippen LogP contribution in [0.2, 0.25) is 0 Å². The number of hydrogen-bond donors (Lipinski definition) is 4. The van der Waals surface area contributed by atoms with Crippen LogP contribution in [0.3, 0.4) is 0 Å². The molecular formula is C12H20N6O. The first-order chi connectivity index (χ1) is 9.08. The van der Waals surface area contributed by atoms with Crippen molar-refractivity contribution in [3.63, 3.8) is 0 Å². The summed E-state index contributed by atoms with van der Waals surface area (Å²) in [6, 6.07) is 1.96. The average Bonchev–Trinajstić information content (AvgIpc) is 2.41.